The van der Waals surface area contributed by atoms with E-state index in [-0.39, 0.29) is 11.3 Å². The van der Waals surface area contributed by atoms with Crippen molar-refractivity contribution in [2.75, 3.05) is 26.1 Å². The van der Waals surface area contributed by atoms with Crippen molar-refractivity contribution < 1.29 is 19.0 Å². The maximum Gasteiger partial charge on any atom is 0.259 e. The van der Waals surface area contributed by atoms with Gasteiger partial charge >= 0.3 is 0 Å². The van der Waals surface area contributed by atoms with Crippen molar-refractivity contribution in [1.29, 1.82) is 0 Å². The molecular weight excluding hydrogens is 432 g/mol. The molecule has 2 aromatic carbocycles. The molecule has 0 radical (unpaired) electrons. The smallest absolute Gasteiger partial charge is 0.259 e. The number of thiocarbonyl (C=S) groups is 1. The number of rotatable bonds is 8. The van der Waals surface area contributed by atoms with Crippen LogP contribution in [0, 0.1) is 0 Å². The lowest BCUT2D eigenvalue weighted by Crippen LogP contribution is -2.22. The Bertz CT molecular complexity index is 953. The summed E-state index contributed by atoms with van der Waals surface area (Å²) in [5, 5.41) is 5.41. The van der Waals surface area contributed by atoms with Crippen LogP contribution in [0.25, 0.3) is 0 Å². The molecule has 0 aliphatic carbocycles. The van der Waals surface area contributed by atoms with Crippen LogP contribution in [-0.4, -0.2) is 47.5 Å². The number of ether oxygens (including phenoxy) is 3. The van der Waals surface area contributed by atoms with Gasteiger partial charge in [0.1, 0.15) is 19.0 Å². The van der Waals surface area contributed by atoms with E-state index in [4.69, 9.17) is 26.4 Å². The second-order valence-electron chi connectivity index (χ2n) is 7.89. The van der Waals surface area contributed by atoms with Crippen molar-refractivity contribution in [2.24, 2.45) is 5.10 Å². The van der Waals surface area contributed by atoms with Crippen LogP contribution < -0.4 is 14.2 Å². The summed E-state index contributed by atoms with van der Waals surface area (Å²) in [7, 11) is 1.58. The van der Waals surface area contributed by atoms with Gasteiger partial charge < -0.3 is 14.2 Å². The molecule has 0 atom stereocenters. The van der Waals surface area contributed by atoms with Crippen LogP contribution in [0.1, 0.15) is 31.9 Å². The molecule has 31 heavy (non-hydrogen) atoms. The summed E-state index contributed by atoms with van der Waals surface area (Å²) >= 11 is 6.42. The van der Waals surface area contributed by atoms with E-state index in [0.717, 1.165) is 11.3 Å². The fraction of sp³-hybridized carbons (Fsp3) is 0.348. The maximum atomic E-state index is 11.7. The number of amides is 1. The lowest BCUT2D eigenvalue weighted by atomic mass is 9.87. The largest absolute Gasteiger partial charge is 0.493 e. The van der Waals surface area contributed by atoms with Gasteiger partial charge in [-0.2, -0.15) is 10.1 Å². The first-order chi connectivity index (χ1) is 14.8. The van der Waals surface area contributed by atoms with Gasteiger partial charge in [0.25, 0.3) is 5.91 Å². The SMILES string of the molecule is COc1cc(C=NN2C(=O)CSC2=S)ccc1OCCOc1ccc(C(C)(C)C)cc1. The molecule has 1 aliphatic heterocycles. The van der Waals surface area contributed by atoms with Crippen LogP contribution in [0.2, 0.25) is 0 Å². The third kappa shape index (κ3) is 6.21. The van der Waals surface area contributed by atoms with E-state index < -0.39 is 0 Å². The molecule has 1 fully saturated rings. The highest BCUT2D eigenvalue weighted by Gasteiger charge is 2.26. The second kappa shape index (κ2) is 10.2. The van der Waals surface area contributed by atoms with Crippen molar-refractivity contribution in [2.45, 2.75) is 26.2 Å². The first-order valence-corrected chi connectivity index (χ1v) is 11.2. The van der Waals surface area contributed by atoms with Crippen molar-refractivity contribution >= 4 is 40.4 Å². The molecule has 0 saturated carbocycles. The Kier molecular flexibility index (Phi) is 7.56. The van der Waals surface area contributed by atoms with Crippen LogP contribution in [0.5, 0.6) is 17.2 Å². The summed E-state index contributed by atoms with van der Waals surface area (Å²) in [6.07, 6.45) is 1.58. The molecule has 0 bridgehead atoms. The summed E-state index contributed by atoms with van der Waals surface area (Å²) in [6.45, 7) is 7.33. The molecule has 0 N–H and O–H groups in total. The molecule has 1 aliphatic rings. The molecule has 0 spiro atoms. The highest BCUT2D eigenvalue weighted by atomic mass is 32.2. The van der Waals surface area contributed by atoms with Gasteiger partial charge in [0, 0.05) is 0 Å². The predicted molar refractivity (Wildman–Crippen MR) is 129 cm³/mol. The summed E-state index contributed by atoms with van der Waals surface area (Å²) in [6, 6.07) is 13.6. The van der Waals surface area contributed by atoms with Gasteiger partial charge in [0.15, 0.2) is 15.8 Å². The van der Waals surface area contributed by atoms with Crippen molar-refractivity contribution in [3.63, 3.8) is 0 Å². The lowest BCUT2D eigenvalue weighted by Gasteiger charge is -2.19. The second-order valence-corrected chi connectivity index (χ2v) is 9.50. The molecule has 8 heteroatoms. The number of nitrogens with zero attached hydrogens (tertiary/aromatic N) is 2. The standard InChI is InChI=1S/C23H26N2O4S2/c1-23(2,3)17-6-8-18(9-7-17)28-11-12-29-19-10-5-16(13-20(19)27-4)14-24-25-21(26)15-31-22(25)30/h5-10,13-14H,11-12,15H2,1-4H3. The van der Waals surface area contributed by atoms with Crippen LogP contribution >= 0.6 is 24.0 Å². The minimum absolute atomic E-state index is 0.115. The Hall–Kier alpha value is -2.58. The van der Waals surface area contributed by atoms with Gasteiger partial charge in [0.2, 0.25) is 0 Å². The van der Waals surface area contributed by atoms with Crippen LogP contribution in [0.4, 0.5) is 0 Å². The number of methoxy groups -OCH3 is 1. The Morgan fingerprint density at radius 2 is 1.81 bits per heavy atom. The highest BCUT2D eigenvalue weighted by molar-refractivity contribution is 8.23. The number of benzene rings is 2. The third-order valence-corrected chi connectivity index (χ3v) is 5.91. The highest BCUT2D eigenvalue weighted by Crippen LogP contribution is 2.28. The zero-order chi connectivity index (χ0) is 22.4. The van der Waals surface area contributed by atoms with E-state index in [2.05, 4.69) is 38.0 Å². The third-order valence-electron chi connectivity index (χ3n) is 4.57. The molecule has 6 nitrogen and oxygen atoms in total. The fourth-order valence-corrected chi connectivity index (χ4v) is 3.80. The van der Waals surface area contributed by atoms with E-state index in [9.17, 15) is 4.79 Å². The van der Waals surface area contributed by atoms with Gasteiger partial charge in [-0.1, -0.05) is 56.9 Å². The zero-order valence-corrected chi connectivity index (χ0v) is 19.7. The maximum absolute atomic E-state index is 11.7. The van der Waals surface area contributed by atoms with E-state index in [1.807, 2.05) is 18.2 Å². The van der Waals surface area contributed by atoms with Gasteiger partial charge in [-0.05, 0) is 46.9 Å². The Morgan fingerprint density at radius 3 is 2.42 bits per heavy atom. The first kappa shape index (κ1) is 23.1. The van der Waals surface area contributed by atoms with Gasteiger partial charge in [-0.15, -0.1) is 0 Å². The molecule has 1 heterocycles. The van der Waals surface area contributed by atoms with Gasteiger partial charge in [-0.25, -0.2) is 0 Å². The fourth-order valence-electron chi connectivity index (χ4n) is 2.83. The number of carbonyl (C=O) groups excluding carboxylic acids is 1. The topological polar surface area (TPSA) is 60.4 Å². The number of carbonyl (C=O) groups is 1. The van der Waals surface area contributed by atoms with E-state index in [1.54, 1.807) is 25.5 Å². The van der Waals surface area contributed by atoms with E-state index >= 15 is 0 Å². The summed E-state index contributed by atoms with van der Waals surface area (Å²) in [4.78, 5) is 11.7. The minimum Gasteiger partial charge on any atom is -0.493 e. The molecule has 0 unspecified atom stereocenters. The average molecular weight is 459 g/mol. The van der Waals surface area contributed by atoms with Crippen LogP contribution in [0.15, 0.2) is 47.6 Å². The molecule has 1 saturated heterocycles. The summed E-state index contributed by atoms with van der Waals surface area (Å²) in [5.41, 5.74) is 2.15. The van der Waals surface area contributed by atoms with E-state index in [1.165, 1.54) is 22.3 Å². The van der Waals surface area contributed by atoms with Crippen LogP contribution in [-0.2, 0) is 10.2 Å². The molecular formula is C23H26N2O4S2. The summed E-state index contributed by atoms with van der Waals surface area (Å²) < 4.78 is 17.5. The monoisotopic (exact) mass is 458 g/mol. The van der Waals surface area contributed by atoms with Crippen LogP contribution in [0.3, 0.4) is 0 Å². The van der Waals surface area contributed by atoms with E-state index in [0.29, 0.717) is 34.8 Å². The number of hydrogen-bond donors (Lipinski definition) is 0. The molecule has 2 aromatic rings. The zero-order valence-electron chi connectivity index (χ0n) is 18.1. The molecule has 3 rings (SSSR count). The Morgan fingerprint density at radius 1 is 1.10 bits per heavy atom. The number of thioether (sulfide) groups is 1. The quantitative estimate of drug-likeness (QED) is 0.326. The Labute approximate surface area is 192 Å². The van der Waals surface area contributed by atoms with Crippen molar-refractivity contribution in [1.82, 2.24) is 5.01 Å². The van der Waals surface area contributed by atoms with Crippen molar-refractivity contribution in [3.8, 4) is 17.2 Å². The lowest BCUT2D eigenvalue weighted by molar-refractivity contribution is -0.123. The Balaban J connectivity index is 1.53. The molecule has 0 aromatic heterocycles. The minimum atomic E-state index is -0.119. The normalized spacial score (nSPS) is 14.4. The predicted octanol–water partition coefficient (Wildman–Crippen LogP) is 4.64. The average Bonchev–Trinajstić information content (AvgIpc) is 3.07. The first-order valence-electron chi connectivity index (χ1n) is 9.86. The molecule has 164 valence electrons. The van der Waals surface area contributed by atoms with Gasteiger partial charge in [0.05, 0.1) is 19.1 Å². The van der Waals surface area contributed by atoms with Gasteiger partial charge in [-0.3, -0.25) is 4.79 Å². The number of hydrazone groups is 1. The number of hydrogen-bond acceptors (Lipinski definition) is 7. The molecule has 1 amide bonds. The van der Waals surface area contributed by atoms with Crippen molar-refractivity contribution in [3.05, 3.63) is 53.6 Å². The summed E-state index contributed by atoms with van der Waals surface area (Å²) in [5.74, 6) is 2.20.